The Bertz CT molecular complexity index is 456. The first-order chi connectivity index (χ1) is 10.2. The van der Waals surface area contributed by atoms with E-state index in [2.05, 4.69) is 4.90 Å². The van der Waals surface area contributed by atoms with Crippen LogP contribution in [-0.2, 0) is 6.42 Å². The van der Waals surface area contributed by atoms with Gasteiger partial charge in [-0.05, 0) is 55.2 Å². The van der Waals surface area contributed by atoms with Crippen molar-refractivity contribution in [1.29, 1.82) is 0 Å². The number of hydrogen-bond donors (Lipinski definition) is 1. The molecule has 1 saturated carbocycles. The Kier molecular flexibility index (Phi) is 4.91. The van der Waals surface area contributed by atoms with E-state index in [1.54, 1.807) is 6.07 Å². The molecule has 2 unspecified atom stereocenters. The van der Waals surface area contributed by atoms with E-state index in [9.17, 15) is 4.39 Å². The Hall–Kier alpha value is -0.930. The second-order valence-corrected chi connectivity index (χ2v) is 7.06. The lowest BCUT2D eigenvalue weighted by Gasteiger charge is -2.37. The molecule has 21 heavy (non-hydrogen) atoms. The summed E-state index contributed by atoms with van der Waals surface area (Å²) in [6, 6.07) is 7.30. The topological polar surface area (TPSA) is 29.3 Å². The Morgan fingerprint density at radius 1 is 1.14 bits per heavy atom. The van der Waals surface area contributed by atoms with Gasteiger partial charge in [0.15, 0.2) is 0 Å². The van der Waals surface area contributed by atoms with E-state index in [1.165, 1.54) is 38.3 Å². The number of rotatable bonds is 4. The first-order valence-corrected chi connectivity index (χ1v) is 8.41. The summed E-state index contributed by atoms with van der Waals surface area (Å²) in [5, 5.41) is 0. The predicted molar refractivity (Wildman–Crippen MR) is 84.6 cm³/mol. The highest BCUT2D eigenvalue weighted by Gasteiger charge is 2.27. The fraction of sp³-hybridized carbons (Fsp3) is 0.667. The van der Waals surface area contributed by atoms with Crippen LogP contribution in [0.15, 0.2) is 24.3 Å². The molecule has 2 nitrogen and oxygen atoms in total. The fourth-order valence-electron chi connectivity index (χ4n) is 4.20. The smallest absolute Gasteiger partial charge is 0.123 e. The van der Waals surface area contributed by atoms with Crippen LogP contribution in [0.3, 0.4) is 0 Å². The zero-order chi connectivity index (χ0) is 14.7. The summed E-state index contributed by atoms with van der Waals surface area (Å²) in [7, 11) is 0. The van der Waals surface area contributed by atoms with E-state index in [4.69, 9.17) is 5.73 Å². The van der Waals surface area contributed by atoms with Crippen molar-refractivity contribution in [3.63, 3.8) is 0 Å². The van der Waals surface area contributed by atoms with Gasteiger partial charge < -0.3 is 10.6 Å². The van der Waals surface area contributed by atoms with Crippen LogP contribution in [-0.4, -0.2) is 30.6 Å². The maximum Gasteiger partial charge on any atom is 0.123 e. The highest BCUT2D eigenvalue weighted by Crippen LogP contribution is 2.28. The number of likely N-dealkylation sites (tertiary alicyclic amines) is 1. The molecule has 2 atom stereocenters. The molecule has 1 aromatic rings. The zero-order valence-electron chi connectivity index (χ0n) is 12.8. The summed E-state index contributed by atoms with van der Waals surface area (Å²) in [4.78, 5) is 2.56. The Morgan fingerprint density at radius 3 is 2.71 bits per heavy atom. The first-order valence-electron chi connectivity index (χ1n) is 8.41. The third kappa shape index (κ3) is 4.27. The molecule has 0 radical (unpaired) electrons. The zero-order valence-corrected chi connectivity index (χ0v) is 12.8. The molecule has 0 spiro atoms. The van der Waals surface area contributed by atoms with E-state index in [0.717, 1.165) is 37.4 Å². The Morgan fingerprint density at radius 2 is 1.95 bits per heavy atom. The number of nitrogens with two attached hydrogens (primary N) is 1. The molecule has 116 valence electrons. The van der Waals surface area contributed by atoms with Gasteiger partial charge in [-0.25, -0.2) is 4.39 Å². The number of hydrogen-bond acceptors (Lipinski definition) is 2. The summed E-state index contributed by atoms with van der Waals surface area (Å²) in [6.07, 6.45) is 7.60. The monoisotopic (exact) mass is 290 g/mol. The normalized spacial score (nSPS) is 28.1. The van der Waals surface area contributed by atoms with Crippen molar-refractivity contribution < 1.29 is 4.39 Å². The predicted octanol–water partition coefficient (Wildman–Crippen LogP) is 3.21. The highest BCUT2D eigenvalue weighted by atomic mass is 19.1. The van der Waals surface area contributed by atoms with Gasteiger partial charge in [0.1, 0.15) is 5.82 Å². The SMILES string of the molecule is NC1CC(Cc2cccc(F)c2)CN(CC2CCCC2)C1. The van der Waals surface area contributed by atoms with Gasteiger partial charge in [-0.1, -0.05) is 25.0 Å². The van der Waals surface area contributed by atoms with Crippen LogP contribution >= 0.6 is 0 Å². The quantitative estimate of drug-likeness (QED) is 0.922. The van der Waals surface area contributed by atoms with Crippen LogP contribution in [0.5, 0.6) is 0 Å². The highest BCUT2D eigenvalue weighted by molar-refractivity contribution is 5.17. The van der Waals surface area contributed by atoms with Crippen LogP contribution < -0.4 is 5.73 Å². The summed E-state index contributed by atoms with van der Waals surface area (Å²) >= 11 is 0. The van der Waals surface area contributed by atoms with E-state index in [1.807, 2.05) is 12.1 Å². The van der Waals surface area contributed by atoms with Crippen molar-refractivity contribution in [3.8, 4) is 0 Å². The minimum atomic E-state index is -0.129. The molecule has 1 aromatic carbocycles. The molecule has 2 N–H and O–H groups in total. The Labute approximate surface area is 127 Å². The lowest BCUT2D eigenvalue weighted by Crippen LogP contribution is -2.48. The van der Waals surface area contributed by atoms with Crippen LogP contribution in [0.25, 0.3) is 0 Å². The van der Waals surface area contributed by atoms with Crippen LogP contribution in [0.1, 0.15) is 37.7 Å². The first kappa shape index (κ1) is 15.0. The summed E-state index contributed by atoms with van der Waals surface area (Å²) < 4.78 is 13.3. The standard InChI is InChI=1S/C18H27FN2/c19-17-7-3-6-15(9-17)8-16-10-18(20)13-21(12-16)11-14-4-1-2-5-14/h3,6-7,9,14,16,18H,1-2,4-5,8,10-13,20H2. The lowest BCUT2D eigenvalue weighted by molar-refractivity contribution is 0.136. The molecule has 2 aliphatic rings. The number of halogens is 1. The molecular weight excluding hydrogens is 263 g/mol. The molecule has 3 heteroatoms. The summed E-state index contributed by atoms with van der Waals surface area (Å²) in [6.45, 7) is 3.38. The van der Waals surface area contributed by atoms with Crippen LogP contribution in [0.2, 0.25) is 0 Å². The molecule has 1 aliphatic carbocycles. The van der Waals surface area contributed by atoms with Gasteiger partial charge in [-0.3, -0.25) is 0 Å². The van der Waals surface area contributed by atoms with Crippen LogP contribution in [0, 0.1) is 17.7 Å². The lowest BCUT2D eigenvalue weighted by atomic mass is 9.88. The van der Waals surface area contributed by atoms with E-state index in [0.29, 0.717) is 5.92 Å². The molecular formula is C18H27FN2. The molecule has 0 bridgehead atoms. The molecule has 3 rings (SSSR count). The summed E-state index contributed by atoms with van der Waals surface area (Å²) in [5.74, 6) is 1.32. The van der Waals surface area contributed by atoms with Crippen molar-refractivity contribution in [3.05, 3.63) is 35.6 Å². The van der Waals surface area contributed by atoms with Gasteiger partial charge in [-0.2, -0.15) is 0 Å². The van der Waals surface area contributed by atoms with Crippen molar-refractivity contribution in [1.82, 2.24) is 4.90 Å². The molecule has 1 aliphatic heterocycles. The second-order valence-electron chi connectivity index (χ2n) is 7.06. The van der Waals surface area contributed by atoms with Gasteiger partial charge in [0.25, 0.3) is 0 Å². The van der Waals surface area contributed by atoms with Gasteiger partial charge in [0.2, 0.25) is 0 Å². The van der Waals surface area contributed by atoms with Gasteiger partial charge in [-0.15, -0.1) is 0 Å². The van der Waals surface area contributed by atoms with E-state index < -0.39 is 0 Å². The van der Waals surface area contributed by atoms with Crippen molar-refractivity contribution in [2.24, 2.45) is 17.6 Å². The number of nitrogens with zero attached hydrogens (tertiary/aromatic N) is 1. The van der Waals surface area contributed by atoms with Crippen molar-refractivity contribution in [2.75, 3.05) is 19.6 Å². The Balaban J connectivity index is 1.57. The molecule has 0 amide bonds. The van der Waals surface area contributed by atoms with Gasteiger partial charge in [0.05, 0.1) is 0 Å². The third-order valence-corrected chi connectivity index (χ3v) is 5.05. The maximum atomic E-state index is 13.3. The van der Waals surface area contributed by atoms with Gasteiger partial charge >= 0.3 is 0 Å². The number of piperidine rings is 1. The molecule has 2 fully saturated rings. The summed E-state index contributed by atoms with van der Waals surface area (Å²) in [5.41, 5.74) is 7.36. The van der Waals surface area contributed by atoms with E-state index >= 15 is 0 Å². The minimum Gasteiger partial charge on any atom is -0.327 e. The minimum absolute atomic E-state index is 0.129. The molecule has 0 aromatic heterocycles. The second kappa shape index (κ2) is 6.89. The molecule has 1 heterocycles. The van der Waals surface area contributed by atoms with Crippen molar-refractivity contribution >= 4 is 0 Å². The van der Waals surface area contributed by atoms with Gasteiger partial charge in [0, 0.05) is 25.7 Å². The third-order valence-electron chi connectivity index (χ3n) is 5.05. The van der Waals surface area contributed by atoms with Crippen molar-refractivity contribution in [2.45, 2.75) is 44.6 Å². The number of benzene rings is 1. The fourth-order valence-corrected chi connectivity index (χ4v) is 4.20. The largest absolute Gasteiger partial charge is 0.327 e. The average Bonchev–Trinajstić information content (AvgIpc) is 2.90. The average molecular weight is 290 g/mol. The van der Waals surface area contributed by atoms with E-state index in [-0.39, 0.29) is 11.9 Å². The molecule has 1 saturated heterocycles. The van der Waals surface area contributed by atoms with Crippen LogP contribution in [0.4, 0.5) is 4.39 Å². The maximum absolute atomic E-state index is 13.3.